The molecule has 1 saturated carbocycles. The third-order valence-corrected chi connectivity index (χ3v) is 7.94. The number of ether oxygens (including phenoxy) is 1. The van der Waals surface area contributed by atoms with E-state index in [1.165, 1.54) is 0 Å². The van der Waals surface area contributed by atoms with Gasteiger partial charge in [-0.2, -0.15) is 5.26 Å². The lowest BCUT2D eigenvalue weighted by Crippen LogP contribution is -2.66. The number of hydrogen-bond acceptors (Lipinski definition) is 3. The first-order valence-electron chi connectivity index (χ1n) is 11.5. The van der Waals surface area contributed by atoms with E-state index in [4.69, 9.17) is 21.6 Å². The summed E-state index contributed by atoms with van der Waals surface area (Å²) in [5.74, 6) is 4.22. The minimum Gasteiger partial charge on any atom is -0.494 e. The van der Waals surface area contributed by atoms with Gasteiger partial charge < -0.3 is 14.4 Å². The predicted molar refractivity (Wildman–Crippen MR) is 141 cm³/mol. The van der Waals surface area contributed by atoms with Gasteiger partial charge in [0.05, 0.1) is 16.6 Å². The highest BCUT2D eigenvalue weighted by Crippen LogP contribution is 2.64. The molecule has 1 heterocycles. The smallest absolute Gasteiger partial charge is 0.199 e. The van der Waals surface area contributed by atoms with Crippen molar-refractivity contribution < 1.29 is 9.84 Å². The SMILES string of the molecule is CC1(C)[C@H](Oc2ccc(C#N)c(Cl)c2)C(C)(C)[C@H]1n1cc2cc(C#C[Si](C)(C)C)ccc2c1O. The second-order valence-corrected chi connectivity index (χ2v) is 16.6. The first kappa shape index (κ1) is 24.3. The average molecular weight is 491 g/mol. The van der Waals surface area contributed by atoms with E-state index in [2.05, 4.69) is 70.9 Å². The number of nitriles is 1. The summed E-state index contributed by atoms with van der Waals surface area (Å²) in [5, 5.41) is 22.5. The highest BCUT2D eigenvalue weighted by atomic mass is 35.5. The molecule has 1 aliphatic carbocycles. The Bertz CT molecular complexity index is 1360. The Balaban J connectivity index is 1.67. The van der Waals surface area contributed by atoms with Gasteiger partial charge in [-0.1, -0.05) is 64.9 Å². The molecule has 0 bridgehead atoms. The second-order valence-electron chi connectivity index (χ2n) is 11.5. The number of rotatable bonds is 3. The number of nitrogens with zero attached hydrogens (tertiary/aromatic N) is 2. The molecule has 1 N–H and O–H groups in total. The lowest BCUT2D eigenvalue weighted by atomic mass is 9.49. The first-order chi connectivity index (χ1) is 15.8. The zero-order valence-corrected chi connectivity index (χ0v) is 22.6. The summed E-state index contributed by atoms with van der Waals surface area (Å²) in [6.45, 7) is 15.3. The van der Waals surface area contributed by atoms with Crippen LogP contribution in [0.15, 0.2) is 42.6 Å². The molecule has 34 heavy (non-hydrogen) atoms. The molecule has 6 heteroatoms. The molecule has 0 aliphatic heterocycles. The molecule has 176 valence electrons. The van der Waals surface area contributed by atoms with E-state index in [0.717, 1.165) is 16.3 Å². The molecule has 0 spiro atoms. The minimum atomic E-state index is -1.47. The molecule has 1 aliphatic rings. The van der Waals surface area contributed by atoms with Gasteiger partial charge in [-0.05, 0) is 30.3 Å². The third kappa shape index (κ3) is 4.09. The fourth-order valence-electron chi connectivity index (χ4n) is 5.68. The van der Waals surface area contributed by atoms with E-state index >= 15 is 0 Å². The van der Waals surface area contributed by atoms with Crippen LogP contribution in [0.5, 0.6) is 11.6 Å². The highest BCUT2D eigenvalue weighted by molar-refractivity contribution is 6.83. The minimum absolute atomic E-state index is 0.0165. The van der Waals surface area contributed by atoms with E-state index in [0.29, 0.717) is 16.3 Å². The summed E-state index contributed by atoms with van der Waals surface area (Å²) in [7, 11) is -1.47. The number of fused-ring (bicyclic) bond motifs is 1. The van der Waals surface area contributed by atoms with Crippen molar-refractivity contribution in [2.45, 2.75) is 59.5 Å². The first-order valence-corrected chi connectivity index (χ1v) is 15.4. The molecule has 4 rings (SSSR count). The van der Waals surface area contributed by atoms with Gasteiger partial charge in [0.25, 0.3) is 0 Å². The Morgan fingerprint density at radius 1 is 1.06 bits per heavy atom. The average Bonchev–Trinajstić information content (AvgIpc) is 3.04. The Morgan fingerprint density at radius 3 is 2.32 bits per heavy atom. The number of aromatic nitrogens is 1. The fraction of sp³-hybridized carbons (Fsp3) is 0.393. The van der Waals surface area contributed by atoms with Crippen LogP contribution in [0.25, 0.3) is 10.8 Å². The Labute approximate surface area is 208 Å². The fourth-order valence-corrected chi connectivity index (χ4v) is 6.41. The van der Waals surface area contributed by atoms with Crippen LogP contribution in [-0.2, 0) is 0 Å². The summed E-state index contributed by atoms with van der Waals surface area (Å²) in [5.41, 5.74) is 4.28. The van der Waals surface area contributed by atoms with Crippen molar-refractivity contribution in [3.63, 3.8) is 0 Å². The Hall–Kier alpha value is -2.86. The zero-order valence-electron chi connectivity index (χ0n) is 20.8. The van der Waals surface area contributed by atoms with Crippen molar-refractivity contribution in [2.75, 3.05) is 0 Å². The molecular weight excluding hydrogens is 460 g/mol. The molecule has 1 fully saturated rings. The lowest BCUT2D eigenvalue weighted by Gasteiger charge is -2.63. The van der Waals surface area contributed by atoms with E-state index < -0.39 is 8.07 Å². The molecular formula is C28H31ClN2O2Si. The molecule has 2 aromatic carbocycles. The quantitative estimate of drug-likeness (QED) is 0.313. The van der Waals surface area contributed by atoms with Crippen molar-refractivity contribution in [3.8, 4) is 29.2 Å². The molecule has 0 radical (unpaired) electrons. The van der Waals surface area contributed by atoms with Gasteiger partial charge >= 0.3 is 0 Å². The van der Waals surface area contributed by atoms with Crippen molar-refractivity contribution in [2.24, 2.45) is 10.8 Å². The van der Waals surface area contributed by atoms with Crippen molar-refractivity contribution in [3.05, 3.63) is 58.7 Å². The van der Waals surface area contributed by atoms with E-state index in [1.54, 1.807) is 18.2 Å². The summed E-state index contributed by atoms with van der Waals surface area (Å²) < 4.78 is 8.40. The van der Waals surface area contributed by atoms with Crippen LogP contribution < -0.4 is 4.74 Å². The molecule has 1 aromatic heterocycles. The number of hydrogen-bond donors (Lipinski definition) is 1. The van der Waals surface area contributed by atoms with Crippen molar-refractivity contribution in [1.29, 1.82) is 5.26 Å². The standard InChI is InChI=1S/C28H31ClN2O2Si/c1-27(2)25(28(3,4)26(27)33-21-10-9-19(16-30)23(29)15-21)31-17-20-14-18(12-13-34(5,6)7)8-11-22(20)24(31)32/h8-11,14-15,17,25-26,32H,1-7H3/t25-,26-. The van der Waals surface area contributed by atoms with Crippen LogP contribution >= 0.6 is 11.6 Å². The second kappa shape index (κ2) is 8.12. The monoisotopic (exact) mass is 490 g/mol. The topological polar surface area (TPSA) is 58.2 Å². The largest absolute Gasteiger partial charge is 0.494 e. The van der Waals surface area contributed by atoms with Gasteiger partial charge in [-0.15, -0.1) is 5.54 Å². The van der Waals surface area contributed by atoms with Crippen LogP contribution in [0.1, 0.15) is 44.9 Å². The number of halogens is 1. The normalized spacial score (nSPS) is 20.7. The van der Waals surface area contributed by atoms with Crippen LogP contribution in [0.4, 0.5) is 0 Å². The van der Waals surface area contributed by atoms with Gasteiger partial charge in [0.1, 0.15) is 26.0 Å². The predicted octanol–water partition coefficient (Wildman–Crippen LogP) is 7.16. The lowest BCUT2D eigenvalue weighted by molar-refractivity contribution is -0.188. The van der Waals surface area contributed by atoms with E-state index in [-0.39, 0.29) is 28.9 Å². The molecule has 3 aromatic rings. The summed E-state index contributed by atoms with van der Waals surface area (Å²) >= 11 is 6.22. The third-order valence-electron chi connectivity index (χ3n) is 6.75. The Morgan fingerprint density at radius 2 is 1.74 bits per heavy atom. The zero-order chi connectivity index (χ0) is 25.1. The summed E-state index contributed by atoms with van der Waals surface area (Å²) in [6.07, 6.45) is 1.92. The van der Waals surface area contributed by atoms with Crippen molar-refractivity contribution >= 4 is 30.4 Å². The van der Waals surface area contributed by atoms with E-state index in [1.807, 2.05) is 22.9 Å². The molecule has 0 atom stereocenters. The molecule has 4 nitrogen and oxygen atoms in total. The van der Waals surface area contributed by atoms with Crippen LogP contribution in [0, 0.1) is 33.6 Å². The molecule has 0 unspecified atom stereocenters. The molecule has 0 amide bonds. The van der Waals surface area contributed by atoms with Crippen LogP contribution in [-0.4, -0.2) is 23.9 Å². The van der Waals surface area contributed by atoms with Gasteiger partial charge in [0.15, 0.2) is 5.88 Å². The summed E-state index contributed by atoms with van der Waals surface area (Å²) in [4.78, 5) is 0. The maximum absolute atomic E-state index is 11.2. The number of benzene rings is 2. The van der Waals surface area contributed by atoms with Crippen LogP contribution in [0.3, 0.4) is 0 Å². The van der Waals surface area contributed by atoms with Gasteiger partial charge in [-0.25, -0.2) is 0 Å². The van der Waals surface area contributed by atoms with Crippen molar-refractivity contribution in [1.82, 2.24) is 4.57 Å². The van der Waals surface area contributed by atoms with Gasteiger partial charge in [0.2, 0.25) is 0 Å². The maximum atomic E-state index is 11.2. The van der Waals surface area contributed by atoms with Crippen LogP contribution in [0.2, 0.25) is 24.7 Å². The van der Waals surface area contributed by atoms with Gasteiger partial charge in [-0.3, -0.25) is 0 Å². The highest BCUT2D eigenvalue weighted by Gasteiger charge is 2.64. The number of aromatic hydroxyl groups is 1. The summed E-state index contributed by atoms with van der Waals surface area (Å²) in [6, 6.07) is 13.3. The maximum Gasteiger partial charge on any atom is 0.199 e. The Kier molecular flexibility index (Phi) is 5.79. The van der Waals surface area contributed by atoms with Gasteiger partial charge in [0, 0.05) is 39.4 Å². The van der Waals surface area contributed by atoms with E-state index in [9.17, 15) is 5.11 Å². The molecule has 0 saturated heterocycles.